The average Bonchev–Trinajstić information content (AvgIpc) is 3.26. The van der Waals surface area contributed by atoms with E-state index in [9.17, 15) is 15.4 Å². The van der Waals surface area contributed by atoms with Crippen LogP contribution in [0, 0.1) is 21.4 Å². The van der Waals surface area contributed by atoms with Crippen molar-refractivity contribution in [2.75, 3.05) is 6.61 Å². The van der Waals surface area contributed by atoms with Crippen molar-refractivity contribution in [2.24, 2.45) is 0 Å². The van der Waals surface area contributed by atoms with Gasteiger partial charge >= 0.3 is 0 Å². The predicted octanol–water partition coefficient (Wildman–Crippen LogP) is 5.53. The summed E-state index contributed by atoms with van der Waals surface area (Å²) in [6.45, 7) is 2.98. The molecule has 4 rings (SSSR count). The molecule has 0 aliphatic carbocycles. The van der Waals surface area contributed by atoms with Crippen LogP contribution in [0.4, 0.5) is 5.69 Å². The van der Waals surface area contributed by atoms with E-state index in [2.05, 4.69) is 11.1 Å². The fraction of sp³-hybridized carbons (Fsp3) is 0.154. The molecule has 0 saturated carbocycles. The molecule has 1 aromatic heterocycles. The molecule has 0 atom stereocenters. The second kappa shape index (κ2) is 10.3. The topological polar surface area (TPSA) is 103 Å². The molecular formula is C26H22N4O4. The number of nitrogens with zero attached hydrogens (tertiary/aromatic N) is 4. The van der Waals surface area contributed by atoms with Crippen molar-refractivity contribution in [2.45, 2.75) is 20.1 Å². The normalized spacial score (nSPS) is 11.2. The van der Waals surface area contributed by atoms with Gasteiger partial charge in [-0.25, -0.2) is 4.98 Å². The zero-order valence-corrected chi connectivity index (χ0v) is 18.5. The molecule has 0 aliphatic heterocycles. The molecule has 0 spiro atoms. The van der Waals surface area contributed by atoms with Crippen molar-refractivity contribution < 1.29 is 14.4 Å². The van der Waals surface area contributed by atoms with E-state index in [-0.39, 0.29) is 12.3 Å². The van der Waals surface area contributed by atoms with Crippen molar-refractivity contribution in [3.8, 4) is 17.6 Å². The van der Waals surface area contributed by atoms with Gasteiger partial charge in [-0.05, 0) is 60.5 Å². The van der Waals surface area contributed by atoms with Crippen molar-refractivity contribution in [3.05, 3.63) is 99.9 Å². The second-order valence-corrected chi connectivity index (χ2v) is 7.49. The number of hydrogen-bond donors (Lipinski definition) is 0. The minimum Gasteiger partial charge on any atom is -0.490 e. The number of nitro groups is 1. The van der Waals surface area contributed by atoms with Crippen LogP contribution < -0.4 is 9.47 Å². The quantitative estimate of drug-likeness (QED) is 0.187. The lowest BCUT2D eigenvalue weighted by Crippen LogP contribution is -2.01. The number of imidazole rings is 1. The summed E-state index contributed by atoms with van der Waals surface area (Å²) in [6.07, 6.45) is 3.55. The zero-order chi connectivity index (χ0) is 23.9. The van der Waals surface area contributed by atoms with E-state index in [1.807, 2.05) is 54.0 Å². The molecule has 0 bridgehead atoms. The third-order valence-corrected chi connectivity index (χ3v) is 5.16. The number of hydrogen-bond acceptors (Lipinski definition) is 6. The second-order valence-electron chi connectivity index (χ2n) is 7.49. The third-order valence-electron chi connectivity index (χ3n) is 5.16. The Morgan fingerprint density at radius 1 is 1.12 bits per heavy atom. The standard InChI is InChI=1S/C26H22N4O4/c1-2-33-26-14-20(9-12-25(26)34-17-19-7-10-22(11-8-19)30(31)32)13-21(15-27)16-29-18-28-23-5-3-4-6-24(23)29/h3-14,18H,2,16-17H2,1H3/b21-13-. The molecule has 0 fully saturated rings. The Balaban J connectivity index is 1.52. The summed E-state index contributed by atoms with van der Waals surface area (Å²) in [4.78, 5) is 14.8. The molecule has 170 valence electrons. The van der Waals surface area contributed by atoms with Gasteiger partial charge in [0.1, 0.15) is 6.61 Å². The van der Waals surface area contributed by atoms with E-state index >= 15 is 0 Å². The smallest absolute Gasteiger partial charge is 0.269 e. The number of aromatic nitrogens is 2. The first kappa shape index (κ1) is 22.6. The van der Waals surface area contributed by atoms with Crippen LogP contribution in [0.5, 0.6) is 11.5 Å². The van der Waals surface area contributed by atoms with Crippen LogP contribution in [0.2, 0.25) is 0 Å². The SMILES string of the molecule is CCOc1cc(/C=C(/C#N)Cn2cnc3ccccc32)ccc1OCc1ccc([N+](=O)[O-])cc1. The minimum absolute atomic E-state index is 0.0342. The number of benzene rings is 3. The lowest BCUT2D eigenvalue weighted by atomic mass is 10.1. The van der Waals surface area contributed by atoms with E-state index < -0.39 is 4.92 Å². The van der Waals surface area contributed by atoms with Crippen LogP contribution in [0.3, 0.4) is 0 Å². The van der Waals surface area contributed by atoms with Gasteiger partial charge in [-0.1, -0.05) is 18.2 Å². The average molecular weight is 454 g/mol. The van der Waals surface area contributed by atoms with Crippen LogP contribution in [0.1, 0.15) is 18.1 Å². The maximum absolute atomic E-state index is 10.8. The van der Waals surface area contributed by atoms with Crippen molar-refractivity contribution in [1.82, 2.24) is 9.55 Å². The Labute approximate surface area is 196 Å². The molecule has 0 amide bonds. The number of ether oxygens (including phenoxy) is 2. The molecule has 3 aromatic carbocycles. The van der Waals surface area contributed by atoms with Gasteiger partial charge in [-0.3, -0.25) is 10.1 Å². The lowest BCUT2D eigenvalue weighted by molar-refractivity contribution is -0.384. The van der Waals surface area contributed by atoms with Gasteiger partial charge in [-0.15, -0.1) is 0 Å². The summed E-state index contributed by atoms with van der Waals surface area (Å²) in [5.74, 6) is 1.11. The van der Waals surface area contributed by atoms with Gasteiger partial charge in [0.25, 0.3) is 5.69 Å². The highest BCUT2D eigenvalue weighted by molar-refractivity contribution is 5.75. The molecule has 0 N–H and O–H groups in total. The van der Waals surface area contributed by atoms with E-state index in [0.29, 0.717) is 30.2 Å². The summed E-state index contributed by atoms with van der Waals surface area (Å²) in [6, 6.07) is 21.8. The molecule has 8 nitrogen and oxygen atoms in total. The number of fused-ring (bicyclic) bond motifs is 1. The molecule has 0 saturated heterocycles. The first-order valence-electron chi connectivity index (χ1n) is 10.7. The van der Waals surface area contributed by atoms with E-state index in [4.69, 9.17) is 9.47 Å². The van der Waals surface area contributed by atoms with Crippen LogP contribution in [-0.4, -0.2) is 21.1 Å². The predicted molar refractivity (Wildman–Crippen MR) is 128 cm³/mol. The molecular weight excluding hydrogens is 432 g/mol. The summed E-state index contributed by atoms with van der Waals surface area (Å²) >= 11 is 0. The maximum Gasteiger partial charge on any atom is 0.269 e. The lowest BCUT2D eigenvalue weighted by Gasteiger charge is -2.13. The summed E-state index contributed by atoms with van der Waals surface area (Å²) in [5.41, 5.74) is 4.07. The Hall–Kier alpha value is -4.64. The summed E-state index contributed by atoms with van der Waals surface area (Å²) in [5, 5.41) is 20.5. The number of non-ortho nitro benzene ring substituents is 1. The first-order valence-corrected chi connectivity index (χ1v) is 10.7. The van der Waals surface area contributed by atoms with Crippen molar-refractivity contribution in [1.29, 1.82) is 5.26 Å². The van der Waals surface area contributed by atoms with Gasteiger partial charge in [0, 0.05) is 17.7 Å². The third kappa shape index (κ3) is 5.22. The molecule has 0 aliphatic rings. The number of rotatable bonds is 9. The molecule has 34 heavy (non-hydrogen) atoms. The van der Waals surface area contributed by atoms with Crippen molar-refractivity contribution in [3.63, 3.8) is 0 Å². The molecule has 1 heterocycles. The highest BCUT2D eigenvalue weighted by Crippen LogP contribution is 2.30. The highest BCUT2D eigenvalue weighted by Gasteiger charge is 2.10. The Morgan fingerprint density at radius 2 is 1.91 bits per heavy atom. The number of para-hydroxylation sites is 2. The summed E-state index contributed by atoms with van der Waals surface area (Å²) in [7, 11) is 0. The fourth-order valence-corrected chi connectivity index (χ4v) is 3.51. The number of allylic oxidation sites excluding steroid dienone is 1. The van der Waals surface area contributed by atoms with Crippen LogP contribution in [0.25, 0.3) is 17.1 Å². The summed E-state index contributed by atoms with van der Waals surface area (Å²) < 4.78 is 13.6. The van der Waals surface area contributed by atoms with Gasteiger partial charge in [0.15, 0.2) is 11.5 Å². The highest BCUT2D eigenvalue weighted by atomic mass is 16.6. The Bertz CT molecular complexity index is 1380. The Kier molecular flexibility index (Phi) is 6.84. The Morgan fingerprint density at radius 3 is 2.65 bits per heavy atom. The van der Waals surface area contributed by atoms with Crippen molar-refractivity contribution >= 4 is 22.8 Å². The van der Waals surface area contributed by atoms with E-state index in [1.165, 1.54) is 12.1 Å². The first-order chi connectivity index (χ1) is 16.6. The number of nitriles is 1. The monoisotopic (exact) mass is 454 g/mol. The fourth-order valence-electron chi connectivity index (χ4n) is 3.51. The van der Waals surface area contributed by atoms with Gasteiger partial charge in [-0.2, -0.15) is 5.26 Å². The van der Waals surface area contributed by atoms with E-state index in [0.717, 1.165) is 22.2 Å². The molecule has 8 heteroatoms. The largest absolute Gasteiger partial charge is 0.490 e. The van der Waals surface area contributed by atoms with Crippen LogP contribution >= 0.6 is 0 Å². The van der Waals surface area contributed by atoms with Gasteiger partial charge in [0.2, 0.25) is 0 Å². The van der Waals surface area contributed by atoms with Crippen LogP contribution in [0.15, 0.2) is 78.6 Å². The maximum atomic E-state index is 10.8. The molecule has 4 aromatic rings. The van der Waals surface area contributed by atoms with E-state index in [1.54, 1.807) is 24.5 Å². The zero-order valence-electron chi connectivity index (χ0n) is 18.5. The van der Waals surface area contributed by atoms with Gasteiger partial charge < -0.3 is 14.0 Å². The van der Waals surface area contributed by atoms with Gasteiger partial charge in [0.05, 0.1) is 41.5 Å². The van der Waals surface area contributed by atoms with Crippen LogP contribution in [-0.2, 0) is 13.2 Å². The molecule has 0 radical (unpaired) electrons. The minimum atomic E-state index is -0.436. The molecule has 0 unspecified atom stereocenters. The number of nitro benzene ring substituents is 1.